The van der Waals surface area contributed by atoms with Crippen molar-refractivity contribution in [2.75, 3.05) is 39.8 Å². The van der Waals surface area contributed by atoms with Gasteiger partial charge in [0.1, 0.15) is 12.2 Å². The van der Waals surface area contributed by atoms with Crippen molar-refractivity contribution in [3.63, 3.8) is 0 Å². The third-order valence-corrected chi connectivity index (χ3v) is 4.88. The zero-order chi connectivity index (χ0) is 17.2. The van der Waals surface area contributed by atoms with Crippen molar-refractivity contribution in [1.29, 1.82) is 0 Å². The lowest BCUT2D eigenvalue weighted by molar-refractivity contribution is 0.187. The van der Waals surface area contributed by atoms with Gasteiger partial charge in [-0.2, -0.15) is 0 Å². The van der Waals surface area contributed by atoms with E-state index < -0.39 is 0 Å². The quantitative estimate of drug-likeness (QED) is 0.349. The fraction of sp³-hybridized carbons (Fsp3) is 0.824. The summed E-state index contributed by atoms with van der Waals surface area (Å²) in [6.07, 6.45) is 6.58. The van der Waals surface area contributed by atoms with Gasteiger partial charge in [0.25, 0.3) is 0 Å². The summed E-state index contributed by atoms with van der Waals surface area (Å²) < 4.78 is 2.09. The molecule has 1 aliphatic heterocycles. The molecule has 144 valence electrons. The maximum atomic E-state index is 4.30. The summed E-state index contributed by atoms with van der Waals surface area (Å²) in [5.41, 5.74) is 0. The Kier molecular flexibility index (Phi) is 11.0. The zero-order valence-electron chi connectivity index (χ0n) is 15.9. The molecule has 2 rings (SSSR count). The molecule has 2 N–H and O–H groups in total. The van der Waals surface area contributed by atoms with Crippen LogP contribution in [0.25, 0.3) is 0 Å². The summed E-state index contributed by atoms with van der Waals surface area (Å²) in [4.78, 5) is 6.84. The number of aromatic nitrogens is 3. The second-order valence-electron chi connectivity index (χ2n) is 6.39. The van der Waals surface area contributed by atoms with Gasteiger partial charge in [-0.05, 0) is 44.8 Å². The third kappa shape index (κ3) is 7.47. The molecule has 1 aromatic heterocycles. The third-order valence-electron chi connectivity index (χ3n) is 4.88. The molecule has 8 heteroatoms. The number of aryl methyl sites for hydroxylation is 1. The van der Waals surface area contributed by atoms with Gasteiger partial charge >= 0.3 is 0 Å². The molecule has 1 fully saturated rings. The van der Waals surface area contributed by atoms with E-state index in [2.05, 4.69) is 49.1 Å². The lowest BCUT2D eigenvalue weighted by Gasteiger charge is -2.31. The van der Waals surface area contributed by atoms with Crippen LogP contribution in [0.15, 0.2) is 11.3 Å². The van der Waals surface area contributed by atoms with Crippen LogP contribution in [0, 0.1) is 5.92 Å². The second-order valence-corrected chi connectivity index (χ2v) is 6.39. The minimum atomic E-state index is 0. The van der Waals surface area contributed by atoms with Crippen LogP contribution < -0.4 is 10.6 Å². The smallest absolute Gasteiger partial charge is 0.191 e. The highest BCUT2D eigenvalue weighted by Gasteiger charge is 2.17. The van der Waals surface area contributed by atoms with E-state index in [0.717, 1.165) is 43.8 Å². The van der Waals surface area contributed by atoms with Gasteiger partial charge in [-0.15, -0.1) is 34.2 Å². The van der Waals surface area contributed by atoms with E-state index in [0.29, 0.717) is 0 Å². The lowest BCUT2D eigenvalue weighted by Crippen LogP contribution is -2.40. The fourth-order valence-electron chi connectivity index (χ4n) is 3.24. The highest BCUT2D eigenvalue weighted by atomic mass is 127. The molecule has 1 aromatic rings. The molecular weight excluding hydrogens is 429 g/mol. The molecule has 0 bridgehead atoms. The van der Waals surface area contributed by atoms with Crippen LogP contribution in [0.2, 0.25) is 0 Å². The molecule has 0 aliphatic carbocycles. The SMILES string of the molecule is CCc1nncn1CCNC(=NC)NCCC1CCN(CC)CC1.I. The molecule has 2 heterocycles. The molecule has 0 spiro atoms. The van der Waals surface area contributed by atoms with Gasteiger partial charge in [0.15, 0.2) is 5.96 Å². The molecule has 7 nitrogen and oxygen atoms in total. The van der Waals surface area contributed by atoms with E-state index >= 15 is 0 Å². The van der Waals surface area contributed by atoms with Gasteiger partial charge in [-0.25, -0.2) is 0 Å². The Morgan fingerprint density at radius 2 is 1.96 bits per heavy atom. The van der Waals surface area contributed by atoms with Gasteiger partial charge in [-0.3, -0.25) is 4.99 Å². The standard InChI is InChI=1S/C17H33N7.HI/c1-4-16-22-21-14-24(16)13-10-20-17(18-3)19-9-6-15-7-11-23(5-2)12-8-15;/h14-15H,4-13H2,1-3H3,(H2,18,19,20);1H. The number of nitrogens with one attached hydrogen (secondary N) is 2. The van der Waals surface area contributed by atoms with E-state index in [9.17, 15) is 0 Å². The predicted molar refractivity (Wildman–Crippen MR) is 114 cm³/mol. The van der Waals surface area contributed by atoms with Crippen molar-refractivity contribution in [1.82, 2.24) is 30.3 Å². The van der Waals surface area contributed by atoms with E-state index in [1.807, 2.05) is 7.05 Å². The Morgan fingerprint density at radius 3 is 2.60 bits per heavy atom. The first-order valence-electron chi connectivity index (χ1n) is 9.30. The van der Waals surface area contributed by atoms with Gasteiger partial charge in [0, 0.05) is 33.1 Å². The average molecular weight is 463 g/mol. The summed E-state index contributed by atoms with van der Waals surface area (Å²) in [6, 6.07) is 0. The minimum absolute atomic E-state index is 0. The molecule has 1 saturated heterocycles. The Labute approximate surface area is 169 Å². The molecule has 1 aliphatic rings. The van der Waals surface area contributed by atoms with Crippen molar-refractivity contribution < 1.29 is 0 Å². The Morgan fingerprint density at radius 1 is 1.24 bits per heavy atom. The van der Waals surface area contributed by atoms with Gasteiger partial charge in [0.2, 0.25) is 0 Å². The highest BCUT2D eigenvalue weighted by molar-refractivity contribution is 14.0. The highest BCUT2D eigenvalue weighted by Crippen LogP contribution is 2.19. The first-order chi connectivity index (χ1) is 11.8. The first kappa shape index (κ1) is 22.1. The number of hydrogen-bond acceptors (Lipinski definition) is 4. The number of rotatable bonds is 8. The number of aliphatic imine (C=N–C) groups is 1. The van der Waals surface area contributed by atoms with Crippen molar-refractivity contribution in [3.05, 3.63) is 12.2 Å². The van der Waals surface area contributed by atoms with Gasteiger partial charge < -0.3 is 20.1 Å². The van der Waals surface area contributed by atoms with Crippen molar-refractivity contribution in [2.45, 2.75) is 46.1 Å². The van der Waals surface area contributed by atoms with E-state index in [1.54, 1.807) is 6.33 Å². The summed E-state index contributed by atoms with van der Waals surface area (Å²) >= 11 is 0. The molecule has 0 unspecified atom stereocenters. The fourth-order valence-corrected chi connectivity index (χ4v) is 3.24. The van der Waals surface area contributed by atoms with Crippen LogP contribution in [0.3, 0.4) is 0 Å². The van der Waals surface area contributed by atoms with Crippen LogP contribution in [-0.4, -0.2) is 65.4 Å². The topological polar surface area (TPSA) is 70.4 Å². The van der Waals surface area contributed by atoms with Crippen molar-refractivity contribution in [3.8, 4) is 0 Å². The van der Waals surface area contributed by atoms with Crippen LogP contribution in [0.1, 0.15) is 38.9 Å². The van der Waals surface area contributed by atoms with Crippen LogP contribution in [0.4, 0.5) is 0 Å². The predicted octanol–water partition coefficient (Wildman–Crippen LogP) is 1.75. The second kappa shape index (κ2) is 12.5. The maximum absolute atomic E-state index is 4.30. The molecule has 0 aromatic carbocycles. The number of guanidine groups is 1. The largest absolute Gasteiger partial charge is 0.356 e. The number of likely N-dealkylation sites (tertiary alicyclic amines) is 1. The Hall–Kier alpha value is -0.900. The molecule has 0 amide bonds. The Bertz CT molecular complexity index is 495. The van der Waals surface area contributed by atoms with Crippen LogP contribution >= 0.6 is 24.0 Å². The van der Waals surface area contributed by atoms with E-state index in [4.69, 9.17) is 0 Å². The molecule has 0 saturated carbocycles. The van der Waals surface area contributed by atoms with Gasteiger partial charge in [-0.1, -0.05) is 13.8 Å². The number of hydrogen-bond donors (Lipinski definition) is 2. The summed E-state index contributed by atoms with van der Waals surface area (Å²) in [7, 11) is 1.82. The minimum Gasteiger partial charge on any atom is -0.356 e. The zero-order valence-corrected chi connectivity index (χ0v) is 18.2. The average Bonchev–Trinajstić information content (AvgIpc) is 3.08. The van der Waals surface area contributed by atoms with Gasteiger partial charge in [0.05, 0.1) is 0 Å². The molecule has 0 radical (unpaired) electrons. The van der Waals surface area contributed by atoms with E-state index in [1.165, 1.54) is 38.9 Å². The monoisotopic (exact) mass is 463 g/mol. The Balaban J connectivity index is 0.00000312. The van der Waals surface area contributed by atoms with Crippen molar-refractivity contribution in [2.24, 2.45) is 10.9 Å². The number of piperidine rings is 1. The maximum Gasteiger partial charge on any atom is 0.191 e. The number of halogens is 1. The van der Waals surface area contributed by atoms with Crippen LogP contribution in [-0.2, 0) is 13.0 Å². The molecular formula is C17H34IN7. The summed E-state index contributed by atoms with van der Waals surface area (Å²) in [6.45, 7) is 10.7. The molecule has 0 atom stereocenters. The number of nitrogens with zero attached hydrogens (tertiary/aromatic N) is 5. The first-order valence-corrected chi connectivity index (χ1v) is 9.30. The lowest BCUT2D eigenvalue weighted by atomic mass is 9.93. The molecule has 25 heavy (non-hydrogen) atoms. The summed E-state index contributed by atoms with van der Waals surface area (Å²) in [5.74, 6) is 2.76. The normalized spacial score (nSPS) is 16.5. The van der Waals surface area contributed by atoms with Crippen LogP contribution in [0.5, 0.6) is 0 Å². The summed E-state index contributed by atoms with van der Waals surface area (Å²) in [5, 5.41) is 14.9. The van der Waals surface area contributed by atoms with E-state index in [-0.39, 0.29) is 24.0 Å². The van der Waals surface area contributed by atoms with Crippen molar-refractivity contribution >= 4 is 29.9 Å².